The zero-order chi connectivity index (χ0) is 13.2. The molecule has 1 atom stereocenters. The topological polar surface area (TPSA) is 43.4 Å². The Labute approximate surface area is 112 Å². The van der Waals surface area contributed by atoms with E-state index in [0.29, 0.717) is 6.61 Å². The van der Waals surface area contributed by atoms with Crippen molar-refractivity contribution in [3.8, 4) is 11.5 Å². The molecule has 1 N–H and O–H groups in total. The number of fused-ring (bicyclic) bond motifs is 2. The van der Waals surface area contributed by atoms with Crippen LogP contribution >= 0.6 is 0 Å². The lowest BCUT2D eigenvalue weighted by atomic mass is 9.98. The van der Waals surface area contributed by atoms with E-state index in [1.165, 1.54) is 0 Å². The first-order valence-electron chi connectivity index (χ1n) is 6.08. The van der Waals surface area contributed by atoms with E-state index >= 15 is 0 Å². The Morgan fingerprint density at radius 2 is 2.37 bits per heavy atom. The third-order valence-electron chi connectivity index (χ3n) is 3.27. The first-order chi connectivity index (χ1) is 9.33. The minimum Gasteiger partial charge on any atom is -0.497 e. The van der Waals surface area contributed by atoms with Crippen molar-refractivity contribution < 1.29 is 9.47 Å². The second-order valence-electron chi connectivity index (χ2n) is 4.30. The lowest BCUT2D eigenvalue weighted by Gasteiger charge is -2.17. The maximum absolute atomic E-state index is 5.81. The number of rotatable bonds is 2. The molecule has 0 aliphatic carbocycles. The van der Waals surface area contributed by atoms with E-state index in [4.69, 9.17) is 9.47 Å². The molecule has 1 unspecified atom stereocenters. The monoisotopic (exact) mass is 254 g/mol. The maximum atomic E-state index is 5.81. The molecule has 1 aromatic heterocycles. The zero-order valence-corrected chi connectivity index (χ0v) is 10.9. The molecule has 4 nitrogen and oxygen atoms in total. The van der Waals surface area contributed by atoms with Crippen LogP contribution in [-0.2, 0) is 6.61 Å². The molecule has 0 bridgehead atoms. The Kier molecular flexibility index (Phi) is 2.98. The van der Waals surface area contributed by atoms with Crippen LogP contribution in [0.3, 0.4) is 0 Å². The third-order valence-corrected chi connectivity index (χ3v) is 3.27. The molecule has 1 aliphatic rings. The summed E-state index contributed by atoms with van der Waals surface area (Å²) in [5.41, 5.74) is 2.88. The summed E-state index contributed by atoms with van der Waals surface area (Å²) in [6, 6.07) is 11.8. The predicted octanol–water partition coefficient (Wildman–Crippen LogP) is 1.89. The van der Waals surface area contributed by atoms with Crippen molar-refractivity contribution in [2.45, 2.75) is 12.6 Å². The Morgan fingerprint density at radius 1 is 1.47 bits per heavy atom. The molecule has 96 valence electrons. The minimum absolute atomic E-state index is 0.0208. The average molecular weight is 254 g/mol. The maximum Gasteiger partial charge on any atom is 0.131 e. The molecule has 2 heterocycles. The van der Waals surface area contributed by atoms with Gasteiger partial charge in [0.15, 0.2) is 0 Å². The van der Waals surface area contributed by atoms with Gasteiger partial charge in [-0.25, -0.2) is 4.98 Å². The van der Waals surface area contributed by atoms with Crippen molar-refractivity contribution in [3.63, 3.8) is 0 Å². The molecule has 0 amide bonds. The molecule has 3 rings (SSSR count). The van der Waals surface area contributed by atoms with Gasteiger partial charge in [-0.3, -0.25) is 0 Å². The number of nitrogens with one attached hydrogen (secondary N) is 1. The van der Waals surface area contributed by atoms with E-state index in [1.54, 1.807) is 13.3 Å². The van der Waals surface area contributed by atoms with Gasteiger partial charge in [0.1, 0.15) is 18.1 Å². The van der Waals surface area contributed by atoms with Crippen LogP contribution in [-0.4, -0.2) is 19.1 Å². The van der Waals surface area contributed by atoms with E-state index in [0.717, 1.165) is 28.3 Å². The molecule has 0 spiro atoms. The summed E-state index contributed by atoms with van der Waals surface area (Å²) >= 11 is 0. The normalized spacial score (nSPS) is 16.4. The Hall–Kier alpha value is -2.25. The van der Waals surface area contributed by atoms with Crippen molar-refractivity contribution >= 4 is 0 Å². The predicted molar refractivity (Wildman–Crippen MR) is 70.1 cm³/mol. The molecule has 1 aromatic carbocycles. The van der Waals surface area contributed by atoms with Crippen LogP contribution in [0.15, 0.2) is 24.4 Å². The third kappa shape index (κ3) is 1.98. The smallest absolute Gasteiger partial charge is 0.131 e. The summed E-state index contributed by atoms with van der Waals surface area (Å²) in [5, 5.41) is 3.28. The fraction of sp³-hybridized carbons (Fsp3) is 0.267. The fourth-order valence-corrected chi connectivity index (χ4v) is 2.33. The van der Waals surface area contributed by atoms with Crippen molar-refractivity contribution in [1.29, 1.82) is 0 Å². The van der Waals surface area contributed by atoms with Crippen molar-refractivity contribution in [2.75, 3.05) is 14.2 Å². The Bertz CT molecular complexity index is 598. The van der Waals surface area contributed by atoms with Crippen LogP contribution in [0.5, 0.6) is 11.5 Å². The Balaban J connectivity index is 2.16. The van der Waals surface area contributed by atoms with E-state index in [1.807, 2.05) is 25.2 Å². The molecule has 0 saturated carbocycles. The van der Waals surface area contributed by atoms with Gasteiger partial charge in [0.05, 0.1) is 25.0 Å². The van der Waals surface area contributed by atoms with Crippen molar-refractivity contribution in [3.05, 3.63) is 53.3 Å². The number of nitrogens with zero attached hydrogens (tertiary/aromatic N) is 1. The summed E-state index contributed by atoms with van der Waals surface area (Å²) in [6.07, 6.45) is 1.62. The summed E-state index contributed by atoms with van der Waals surface area (Å²) in [5.74, 6) is 1.64. The van der Waals surface area contributed by atoms with E-state index < -0.39 is 0 Å². The lowest BCUT2D eigenvalue weighted by Crippen LogP contribution is -2.18. The number of benzene rings is 1. The highest BCUT2D eigenvalue weighted by Crippen LogP contribution is 2.36. The van der Waals surface area contributed by atoms with Gasteiger partial charge in [0, 0.05) is 11.1 Å². The standard InChI is InChI=1S/C15H14N2O2/c1-16-15-11-4-3-7-17-13(11)9-19-14-6-5-10(18-2)8-12(14)15/h5-8,15-16H,9H2,1-2H3. The fourth-order valence-electron chi connectivity index (χ4n) is 2.33. The van der Waals surface area contributed by atoms with Gasteiger partial charge in [-0.1, -0.05) is 6.07 Å². The van der Waals surface area contributed by atoms with Crippen LogP contribution < -0.4 is 14.8 Å². The summed E-state index contributed by atoms with van der Waals surface area (Å²) < 4.78 is 11.1. The number of hydrogen-bond acceptors (Lipinski definition) is 4. The highest BCUT2D eigenvalue weighted by molar-refractivity contribution is 5.47. The molecule has 1 aliphatic heterocycles. The number of hydrogen-bond donors (Lipinski definition) is 1. The average Bonchev–Trinajstić information content (AvgIpc) is 2.62. The highest BCUT2D eigenvalue weighted by Gasteiger charge is 2.24. The van der Waals surface area contributed by atoms with Gasteiger partial charge in [-0.15, -0.1) is 0 Å². The highest BCUT2D eigenvalue weighted by atomic mass is 16.5. The van der Waals surface area contributed by atoms with Gasteiger partial charge in [0.2, 0.25) is 0 Å². The molecule has 0 fully saturated rings. The van der Waals surface area contributed by atoms with E-state index in [-0.39, 0.29) is 6.04 Å². The minimum atomic E-state index is -0.0208. The molecule has 2 aromatic rings. The molecular formula is C15H14N2O2. The number of aromatic nitrogens is 1. The molecule has 4 heteroatoms. The van der Waals surface area contributed by atoms with Gasteiger partial charge >= 0.3 is 0 Å². The first kappa shape index (κ1) is 11.8. The second kappa shape index (κ2) is 4.79. The second-order valence-corrected chi connectivity index (χ2v) is 4.30. The molecule has 0 radical (unpaired) electrons. The SMILES string of the molecule is CNC1c2c#ccnc2COc2ccc(OC)cc21. The first-order valence-corrected chi connectivity index (χ1v) is 6.08. The molecule has 19 heavy (non-hydrogen) atoms. The van der Waals surface area contributed by atoms with Crippen molar-refractivity contribution in [2.24, 2.45) is 0 Å². The lowest BCUT2D eigenvalue weighted by molar-refractivity contribution is 0.301. The van der Waals surface area contributed by atoms with Gasteiger partial charge in [0.25, 0.3) is 0 Å². The van der Waals surface area contributed by atoms with Gasteiger partial charge in [-0.2, -0.15) is 0 Å². The van der Waals surface area contributed by atoms with Crippen LogP contribution in [0, 0.1) is 12.1 Å². The van der Waals surface area contributed by atoms with Crippen LogP contribution in [0.2, 0.25) is 0 Å². The van der Waals surface area contributed by atoms with Gasteiger partial charge < -0.3 is 14.8 Å². The molecular weight excluding hydrogens is 240 g/mol. The quantitative estimate of drug-likeness (QED) is 0.888. The number of methoxy groups -OCH3 is 1. The molecule has 0 saturated heterocycles. The van der Waals surface area contributed by atoms with Gasteiger partial charge in [-0.05, 0) is 31.3 Å². The Morgan fingerprint density at radius 3 is 3.16 bits per heavy atom. The summed E-state index contributed by atoms with van der Waals surface area (Å²) in [7, 11) is 3.56. The largest absolute Gasteiger partial charge is 0.497 e. The summed E-state index contributed by atoms with van der Waals surface area (Å²) in [4.78, 5) is 4.32. The summed E-state index contributed by atoms with van der Waals surface area (Å²) in [6.45, 7) is 0.442. The van der Waals surface area contributed by atoms with Crippen molar-refractivity contribution in [1.82, 2.24) is 10.3 Å². The van der Waals surface area contributed by atoms with Crippen LogP contribution in [0.4, 0.5) is 0 Å². The zero-order valence-electron chi connectivity index (χ0n) is 10.9. The van der Waals surface area contributed by atoms with E-state index in [9.17, 15) is 0 Å². The number of ether oxygens (including phenoxy) is 2. The van der Waals surface area contributed by atoms with E-state index in [2.05, 4.69) is 22.4 Å². The van der Waals surface area contributed by atoms with Crippen LogP contribution in [0.25, 0.3) is 0 Å². The van der Waals surface area contributed by atoms with Crippen LogP contribution in [0.1, 0.15) is 22.9 Å².